The number of rotatable bonds is 7. The molecule has 0 spiro atoms. The van der Waals surface area contributed by atoms with E-state index in [0.717, 1.165) is 16.6 Å². The molecule has 0 amide bonds. The van der Waals surface area contributed by atoms with Gasteiger partial charge in [0, 0.05) is 34.6 Å². The van der Waals surface area contributed by atoms with E-state index >= 15 is 0 Å². The number of hydrogen-bond acceptors (Lipinski definition) is 3. The first-order valence-electron chi connectivity index (χ1n) is 11.4. The molecule has 3 aromatic rings. The van der Waals surface area contributed by atoms with Gasteiger partial charge in [-0.1, -0.05) is 43.6 Å². The Morgan fingerprint density at radius 2 is 1.62 bits per heavy atom. The van der Waals surface area contributed by atoms with E-state index < -0.39 is 26.0 Å². The minimum absolute atomic E-state index is 0.0757. The minimum atomic E-state index is -3.79. The van der Waals surface area contributed by atoms with E-state index in [1.807, 2.05) is 34.9 Å². The molecule has 3 rings (SSSR count). The van der Waals surface area contributed by atoms with Crippen LogP contribution in [0.2, 0.25) is 5.02 Å². The number of sulfone groups is 1. The van der Waals surface area contributed by atoms with E-state index in [-0.39, 0.29) is 17.2 Å². The Morgan fingerprint density at radius 3 is 2.12 bits per heavy atom. The van der Waals surface area contributed by atoms with Crippen molar-refractivity contribution < 1.29 is 18.3 Å². The molecule has 0 saturated carbocycles. The van der Waals surface area contributed by atoms with E-state index in [1.165, 1.54) is 0 Å². The predicted octanol–water partition coefficient (Wildman–Crippen LogP) is 6.69. The highest BCUT2D eigenvalue weighted by Crippen LogP contribution is 2.40. The number of fused-ring (bicyclic) bond motifs is 1. The summed E-state index contributed by atoms with van der Waals surface area (Å²) >= 11 is 6.07. The molecule has 0 aliphatic heterocycles. The van der Waals surface area contributed by atoms with E-state index in [1.54, 1.807) is 46.8 Å². The highest BCUT2D eigenvalue weighted by molar-refractivity contribution is 7.93. The molecule has 0 radical (unpaired) electrons. The molecular weight excluding hydrogens is 470 g/mol. The predicted molar refractivity (Wildman–Crippen MR) is 139 cm³/mol. The van der Waals surface area contributed by atoms with Crippen LogP contribution in [0.4, 0.5) is 0 Å². The molecule has 34 heavy (non-hydrogen) atoms. The molecule has 0 bridgehead atoms. The van der Waals surface area contributed by atoms with Crippen LogP contribution in [-0.4, -0.2) is 28.8 Å². The Bertz CT molecular complexity index is 1330. The molecule has 0 aliphatic carbocycles. The van der Waals surface area contributed by atoms with E-state index in [4.69, 9.17) is 11.6 Å². The number of carboxylic acids is 1. The van der Waals surface area contributed by atoms with Crippen molar-refractivity contribution in [3.8, 4) is 0 Å². The molecule has 5 nitrogen and oxygen atoms in total. The van der Waals surface area contributed by atoms with Crippen LogP contribution in [0.5, 0.6) is 0 Å². The lowest BCUT2D eigenvalue weighted by molar-refractivity contribution is -0.146. The normalized spacial score (nSPS) is 13.1. The van der Waals surface area contributed by atoms with Crippen LogP contribution in [0.25, 0.3) is 10.9 Å². The van der Waals surface area contributed by atoms with Gasteiger partial charge in [-0.05, 0) is 75.9 Å². The summed E-state index contributed by atoms with van der Waals surface area (Å²) in [5.74, 6) is -0.758. The lowest BCUT2D eigenvalue weighted by atomic mass is 9.88. The monoisotopic (exact) mass is 503 g/mol. The van der Waals surface area contributed by atoms with Gasteiger partial charge in [0.25, 0.3) is 0 Å². The van der Waals surface area contributed by atoms with Gasteiger partial charge in [-0.3, -0.25) is 4.79 Å². The molecule has 2 aromatic carbocycles. The maximum absolute atomic E-state index is 14.0. The van der Waals surface area contributed by atoms with Gasteiger partial charge in [-0.15, -0.1) is 0 Å². The maximum atomic E-state index is 14.0. The van der Waals surface area contributed by atoms with Crippen molar-refractivity contribution in [3.05, 3.63) is 64.3 Å². The fourth-order valence-corrected chi connectivity index (χ4v) is 5.67. The molecule has 1 heterocycles. The molecule has 1 N–H and O–H groups in total. The fourth-order valence-electron chi connectivity index (χ4n) is 3.98. The third kappa shape index (κ3) is 4.89. The van der Waals surface area contributed by atoms with Crippen LogP contribution in [0, 0.1) is 5.41 Å². The third-order valence-electron chi connectivity index (χ3n) is 6.33. The number of carboxylic acid groups (broad SMARTS) is 1. The van der Waals surface area contributed by atoms with Gasteiger partial charge >= 0.3 is 5.97 Å². The summed E-state index contributed by atoms with van der Waals surface area (Å²) in [6.45, 7) is 12.9. The molecule has 184 valence electrons. The second kappa shape index (κ2) is 9.04. The van der Waals surface area contributed by atoms with Gasteiger partial charge < -0.3 is 9.67 Å². The molecule has 0 fully saturated rings. The highest BCUT2D eigenvalue weighted by Gasteiger charge is 2.39. The Labute approximate surface area is 207 Å². The second-order valence-electron chi connectivity index (χ2n) is 10.9. The van der Waals surface area contributed by atoms with Crippen molar-refractivity contribution in [3.63, 3.8) is 0 Å². The largest absolute Gasteiger partial charge is 0.481 e. The highest BCUT2D eigenvalue weighted by atomic mass is 35.5. The van der Waals surface area contributed by atoms with Gasteiger partial charge in [0.15, 0.2) is 9.84 Å². The Kier molecular flexibility index (Phi) is 7.00. The summed E-state index contributed by atoms with van der Waals surface area (Å²) < 4.78 is 28.8. The smallest absolute Gasteiger partial charge is 0.309 e. The summed E-state index contributed by atoms with van der Waals surface area (Å²) in [5.41, 5.74) is 2.12. The quantitative estimate of drug-likeness (QED) is 0.389. The van der Waals surface area contributed by atoms with Crippen molar-refractivity contribution >= 4 is 38.3 Å². The zero-order chi connectivity index (χ0) is 25.6. The Morgan fingerprint density at radius 1 is 1.03 bits per heavy atom. The van der Waals surface area contributed by atoms with Gasteiger partial charge in [0.2, 0.25) is 0 Å². The number of hydrogen-bond donors (Lipinski definition) is 1. The first kappa shape index (κ1) is 26.3. The Hall–Kier alpha value is -2.31. The van der Waals surface area contributed by atoms with Crippen LogP contribution in [-0.2, 0) is 27.6 Å². The summed E-state index contributed by atoms with van der Waals surface area (Å²) in [6.07, 6.45) is 0.0757. The van der Waals surface area contributed by atoms with E-state index in [9.17, 15) is 18.3 Å². The van der Waals surface area contributed by atoms with Crippen molar-refractivity contribution in [2.45, 2.75) is 77.0 Å². The number of aromatic nitrogens is 1. The van der Waals surface area contributed by atoms with Gasteiger partial charge in [-0.25, -0.2) is 8.42 Å². The summed E-state index contributed by atoms with van der Waals surface area (Å²) in [6, 6.07) is 13.3. The number of carbonyl (C=O) groups is 1. The number of nitrogens with zero attached hydrogens (tertiary/aromatic N) is 1. The average Bonchev–Trinajstić information content (AvgIpc) is 3.00. The lowest BCUT2D eigenvalue weighted by Gasteiger charge is -2.25. The molecule has 0 unspecified atom stereocenters. The SMILES string of the molecule is CC(C)c1ccc2c(c1)c(S(=O)(=O)C(C)(C)C)c(CC(C)(C)C(=O)O)n2Cc1ccc(Cl)cc1. The van der Waals surface area contributed by atoms with Crippen LogP contribution in [0.15, 0.2) is 47.4 Å². The van der Waals surface area contributed by atoms with Crippen LogP contribution in [0.3, 0.4) is 0 Å². The fraction of sp³-hybridized carbons (Fsp3) is 0.444. The van der Waals surface area contributed by atoms with E-state index in [0.29, 0.717) is 22.6 Å². The minimum Gasteiger partial charge on any atom is -0.481 e. The first-order valence-corrected chi connectivity index (χ1v) is 13.3. The molecular formula is C27H34ClNO4S. The topological polar surface area (TPSA) is 76.4 Å². The van der Waals surface area contributed by atoms with Gasteiger partial charge in [0.1, 0.15) is 0 Å². The van der Waals surface area contributed by atoms with Crippen LogP contribution in [0.1, 0.15) is 71.2 Å². The second-order valence-corrected chi connectivity index (χ2v) is 14.0. The lowest BCUT2D eigenvalue weighted by Crippen LogP contribution is -2.32. The van der Waals surface area contributed by atoms with Gasteiger partial charge in [0.05, 0.1) is 15.1 Å². The molecule has 7 heteroatoms. The van der Waals surface area contributed by atoms with Crippen molar-refractivity contribution in [1.82, 2.24) is 4.57 Å². The third-order valence-corrected chi connectivity index (χ3v) is 9.19. The molecule has 0 atom stereocenters. The zero-order valence-corrected chi connectivity index (χ0v) is 22.5. The molecule has 0 aliphatic rings. The zero-order valence-electron chi connectivity index (χ0n) is 20.9. The van der Waals surface area contributed by atoms with Crippen molar-refractivity contribution in [1.29, 1.82) is 0 Å². The van der Waals surface area contributed by atoms with Crippen LogP contribution >= 0.6 is 11.6 Å². The summed E-state index contributed by atoms with van der Waals surface area (Å²) in [7, 11) is -3.79. The molecule has 0 saturated heterocycles. The van der Waals surface area contributed by atoms with E-state index in [2.05, 4.69) is 13.8 Å². The maximum Gasteiger partial charge on any atom is 0.309 e. The number of aliphatic carboxylic acids is 1. The van der Waals surface area contributed by atoms with Gasteiger partial charge in [-0.2, -0.15) is 0 Å². The molecule has 1 aromatic heterocycles. The number of halogens is 1. The summed E-state index contributed by atoms with van der Waals surface area (Å²) in [5, 5.41) is 11.1. The summed E-state index contributed by atoms with van der Waals surface area (Å²) in [4.78, 5) is 12.3. The standard InChI is InChI=1S/C27H34ClNO4S/c1-17(2)19-10-13-22-21(14-19)24(34(32,33)26(3,4)5)23(15-27(6,7)25(30)31)29(22)16-18-8-11-20(28)12-9-18/h8-14,17H,15-16H2,1-7H3,(H,30,31). The van der Waals surface area contributed by atoms with Crippen molar-refractivity contribution in [2.75, 3.05) is 0 Å². The van der Waals surface area contributed by atoms with Crippen LogP contribution < -0.4 is 0 Å². The Balaban J connectivity index is 2.45. The van der Waals surface area contributed by atoms with Crippen molar-refractivity contribution in [2.24, 2.45) is 5.41 Å². The average molecular weight is 504 g/mol. The number of benzene rings is 2. The first-order chi connectivity index (χ1) is 15.6.